The van der Waals surface area contributed by atoms with E-state index in [1.54, 1.807) is 14.0 Å². The molecule has 1 saturated carbocycles. The van der Waals surface area contributed by atoms with E-state index in [4.69, 9.17) is 4.74 Å². The molecule has 0 aromatic rings. The van der Waals surface area contributed by atoms with Gasteiger partial charge in [-0.2, -0.15) is 0 Å². The van der Waals surface area contributed by atoms with Gasteiger partial charge in [0.15, 0.2) is 0 Å². The Balaban J connectivity index is 1.77. The molecule has 0 spiro atoms. The highest BCUT2D eigenvalue weighted by molar-refractivity contribution is 4.96. The van der Waals surface area contributed by atoms with Crippen LogP contribution in [0, 0.1) is 5.41 Å². The summed E-state index contributed by atoms with van der Waals surface area (Å²) >= 11 is 0. The van der Waals surface area contributed by atoms with Gasteiger partial charge in [-0.25, -0.2) is 4.39 Å². The average Bonchev–Trinajstić information content (AvgIpc) is 2.90. The van der Waals surface area contributed by atoms with Crippen LogP contribution in [-0.4, -0.2) is 43.9 Å². The fourth-order valence-corrected chi connectivity index (χ4v) is 2.48. The van der Waals surface area contributed by atoms with Gasteiger partial charge in [0, 0.05) is 32.2 Å². The van der Waals surface area contributed by atoms with Crippen LogP contribution in [0.25, 0.3) is 0 Å². The summed E-state index contributed by atoms with van der Waals surface area (Å²) in [5.74, 6) is 0. The Morgan fingerprint density at radius 2 is 1.80 bits per heavy atom. The fraction of sp³-hybridized carbons (Fsp3) is 1.00. The predicted octanol–water partition coefficient (Wildman–Crippen LogP) is 2.24. The monoisotopic (exact) mass is 215 g/mol. The van der Waals surface area contributed by atoms with Crippen LogP contribution in [0.3, 0.4) is 0 Å². The van der Waals surface area contributed by atoms with Gasteiger partial charge in [-0.1, -0.05) is 0 Å². The lowest BCUT2D eigenvalue weighted by atomic mass is 9.94. The molecule has 0 atom stereocenters. The standard InChI is InChI=1S/C12H22FNO/c1-11(13)5-7-14(8-6-11)9-12(3-4-12)10-15-2/h3-10H2,1-2H3. The van der Waals surface area contributed by atoms with Gasteiger partial charge in [0.1, 0.15) is 5.67 Å². The van der Waals surface area contributed by atoms with E-state index in [9.17, 15) is 4.39 Å². The Labute approximate surface area is 91.8 Å². The molecule has 0 aromatic carbocycles. The first-order valence-electron chi connectivity index (χ1n) is 5.96. The Kier molecular flexibility index (Phi) is 3.04. The van der Waals surface area contributed by atoms with E-state index >= 15 is 0 Å². The number of likely N-dealkylation sites (tertiary alicyclic amines) is 1. The van der Waals surface area contributed by atoms with Crippen LogP contribution < -0.4 is 0 Å². The topological polar surface area (TPSA) is 12.5 Å². The molecule has 88 valence electrons. The molecule has 0 unspecified atom stereocenters. The molecule has 0 radical (unpaired) electrons. The van der Waals surface area contributed by atoms with Crippen molar-refractivity contribution in [3.05, 3.63) is 0 Å². The van der Waals surface area contributed by atoms with Gasteiger partial charge in [-0.3, -0.25) is 0 Å². The molecule has 0 bridgehead atoms. The van der Waals surface area contributed by atoms with E-state index < -0.39 is 5.67 Å². The highest BCUT2D eigenvalue weighted by Crippen LogP contribution is 2.46. The zero-order chi connectivity index (χ0) is 10.9. The van der Waals surface area contributed by atoms with Crippen LogP contribution in [-0.2, 0) is 4.74 Å². The lowest BCUT2D eigenvalue weighted by Crippen LogP contribution is -2.43. The number of ether oxygens (including phenoxy) is 1. The third-order valence-electron chi connectivity index (χ3n) is 3.87. The highest BCUT2D eigenvalue weighted by Gasteiger charge is 2.44. The molecule has 0 aromatic heterocycles. The fourth-order valence-electron chi connectivity index (χ4n) is 2.48. The molecule has 2 aliphatic rings. The molecule has 2 nitrogen and oxygen atoms in total. The zero-order valence-electron chi connectivity index (χ0n) is 9.89. The van der Waals surface area contributed by atoms with Crippen LogP contribution in [0.5, 0.6) is 0 Å². The quantitative estimate of drug-likeness (QED) is 0.713. The van der Waals surface area contributed by atoms with Gasteiger partial charge >= 0.3 is 0 Å². The lowest BCUT2D eigenvalue weighted by Gasteiger charge is -2.36. The summed E-state index contributed by atoms with van der Waals surface area (Å²) in [7, 11) is 1.77. The van der Waals surface area contributed by atoms with Crippen LogP contribution >= 0.6 is 0 Å². The number of nitrogens with zero attached hydrogens (tertiary/aromatic N) is 1. The number of hydrogen-bond donors (Lipinski definition) is 0. The molecular formula is C12H22FNO. The van der Waals surface area contributed by atoms with Crippen molar-refractivity contribution in [2.24, 2.45) is 5.41 Å². The van der Waals surface area contributed by atoms with Gasteiger partial charge in [-0.05, 0) is 32.6 Å². The van der Waals surface area contributed by atoms with Crippen molar-refractivity contribution >= 4 is 0 Å². The van der Waals surface area contributed by atoms with Crippen molar-refractivity contribution < 1.29 is 9.13 Å². The molecule has 0 N–H and O–H groups in total. The summed E-state index contributed by atoms with van der Waals surface area (Å²) in [5, 5.41) is 0. The SMILES string of the molecule is COCC1(CN2CCC(C)(F)CC2)CC1. The second-order valence-electron chi connectivity index (χ2n) is 5.62. The maximum atomic E-state index is 13.6. The van der Waals surface area contributed by atoms with E-state index in [1.165, 1.54) is 12.8 Å². The van der Waals surface area contributed by atoms with Crippen molar-refractivity contribution in [3.63, 3.8) is 0 Å². The second kappa shape index (κ2) is 4.02. The number of hydrogen-bond acceptors (Lipinski definition) is 2. The lowest BCUT2D eigenvalue weighted by molar-refractivity contribution is 0.0475. The Morgan fingerprint density at radius 3 is 2.27 bits per heavy atom. The third-order valence-corrected chi connectivity index (χ3v) is 3.87. The second-order valence-corrected chi connectivity index (χ2v) is 5.62. The van der Waals surface area contributed by atoms with E-state index in [-0.39, 0.29) is 0 Å². The largest absolute Gasteiger partial charge is 0.384 e. The summed E-state index contributed by atoms with van der Waals surface area (Å²) in [4.78, 5) is 2.41. The van der Waals surface area contributed by atoms with Gasteiger partial charge in [-0.15, -0.1) is 0 Å². The van der Waals surface area contributed by atoms with Gasteiger partial charge in [0.25, 0.3) is 0 Å². The van der Waals surface area contributed by atoms with Crippen molar-refractivity contribution in [2.45, 2.75) is 38.3 Å². The maximum Gasteiger partial charge on any atom is 0.110 e. The molecule has 0 amide bonds. The molecule has 1 aliphatic heterocycles. The maximum absolute atomic E-state index is 13.6. The third kappa shape index (κ3) is 2.91. The summed E-state index contributed by atoms with van der Waals surface area (Å²) in [6, 6.07) is 0. The number of rotatable bonds is 4. The van der Waals surface area contributed by atoms with Crippen LogP contribution in [0.2, 0.25) is 0 Å². The Bertz CT molecular complexity index is 216. The van der Waals surface area contributed by atoms with Crippen LogP contribution in [0.1, 0.15) is 32.6 Å². The highest BCUT2D eigenvalue weighted by atomic mass is 19.1. The number of piperidine rings is 1. The molecule has 2 rings (SSSR count). The average molecular weight is 215 g/mol. The summed E-state index contributed by atoms with van der Waals surface area (Å²) in [6.45, 7) is 5.54. The van der Waals surface area contributed by atoms with E-state index in [0.717, 1.165) is 26.2 Å². The zero-order valence-corrected chi connectivity index (χ0v) is 9.89. The number of methoxy groups -OCH3 is 1. The molecular weight excluding hydrogens is 193 g/mol. The van der Waals surface area contributed by atoms with Crippen molar-refractivity contribution in [2.75, 3.05) is 33.4 Å². The molecule has 2 fully saturated rings. The minimum absolute atomic E-state index is 0.415. The minimum Gasteiger partial charge on any atom is -0.384 e. The molecule has 1 saturated heterocycles. The van der Waals surface area contributed by atoms with Crippen LogP contribution in [0.4, 0.5) is 4.39 Å². The first-order valence-corrected chi connectivity index (χ1v) is 5.96. The predicted molar refractivity (Wildman–Crippen MR) is 58.7 cm³/mol. The summed E-state index contributed by atoms with van der Waals surface area (Å²) in [6.07, 6.45) is 3.95. The van der Waals surface area contributed by atoms with Crippen molar-refractivity contribution in [3.8, 4) is 0 Å². The Hall–Kier alpha value is -0.150. The normalized spacial score (nSPS) is 29.0. The summed E-state index contributed by atoms with van der Waals surface area (Å²) in [5.41, 5.74) is -0.507. The van der Waals surface area contributed by atoms with Crippen molar-refractivity contribution in [1.29, 1.82) is 0 Å². The van der Waals surface area contributed by atoms with Gasteiger partial charge in [0.05, 0.1) is 6.61 Å². The first-order chi connectivity index (χ1) is 7.05. The number of halogens is 1. The number of alkyl halides is 1. The Morgan fingerprint density at radius 1 is 1.20 bits per heavy atom. The molecule has 15 heavy (non-hydrogen) atoms. The van der Waals surface area contributed by atoms with E-state index in [2.05, 4.69) is 4.90 Å². The van der Waals surface area contributed by atoms with Gasteiger partial charge < -0.3 is 9.64 Å². The summed E-state index contributed by atoms with van der Waals surface area (Å²) < 4.78 is 18.8. The molecule has 1 aliphatic carbocycles. The smallest absolute Gasteiger partial charge is 0.110 e. The van der Waals surface area contributed by atoms with E-state index in [0.29, 0.717) is 18.3 Å². The van der Waals surface area contributed by atoms with Crippen molar-refractivity contribution in [1.82, 2.24) is 4.90 Å². The van der Waals surface area contributed by atoms with Crippen LogP contribution in [0.15, 0.2) is 0 Å². The molecule has 3 heteroatoms. The van der Waals surface area contributed by atoms with E-state index in [1.807, 2.05) is 0 Å². The van der Waals surface area contributed by atoms with Gasteiger partial charge in [0.2, 0.25) is 0 Å². The molecule has 1 heterocycles. The first kappa shape index (κ1) is 11.3. The minimum atomic E-state index is -0.922.